The topological polar surface area (TPSA) is 53.0 Å². The third-order valence-electron chi connectivity index (χ3n) is 4.65. The van der Waals surface area contributed by atoms with E-state index >= 15 is 0 Å². The Morgan fingerprint density at radius 3 is 2.70 bits per heavy atom. The molecule has 5 heteroatoms. The second kappa shape index (κ2) is 7.79. The zero-order valence-electron chi connectivity index (χ0n) is 13.6. The lowest BCUT2D eigenvalue weighted by molar-refractivity contribution is 0.0490. The molecule has 2 aliphatic rings. The maximum atomic E-state index is 12.6. The van der Waals surface area contributed by atoms with E-state index in [4.69, 9.17) is 9.84 Å². The van der Waals surface area contributed by atoms with Gasteiger partial charge in [0.05, 0.1) is 6.61 Å². The van der Waals surface area contributed by atoms with Crippen LogP contribution in [0.15, 0.2) is 30.3 Å². The number of likely N-dealkylation sites (tertiary alicyclic amines) is 1. The van der Waals surface area contributed by atoms with Gasteiger partial charge in [0.15, 0.2) is 0 Å². The number of nitrogens with zero attached hydrogens (tertiary/aromatic N) is 2. The van der Waals surface area contributed by atoms with Crippen LogP contribution < -0.4 is 0 Å². The van der Waals surface area contributed by atoms with Crippen LogP contribution in [-0.4, -0.2) is 59.3 Å². The first kappa shape index (κ1) is 16.3. The number of aliphatic hydroxyl groups is 1. The fourth-order valence-corrected chi connectivity index (χ4v) is 3.35. The number of aliphatic hydroxyl groups excluding tert-OH is 1. The molecule has 1 aliphatic carbocycles. The monoisotopic (exact) mass is 318 g/mol. The molecule has 0 unspecified atom stereocenters. The molecule has 1 saturated heterocycles. The van der Waals surface area contributed by atoms with Gasteiger partial charge in [0, 0.05) is 25.2 Å². The van der Waals surface area contributed by atoms with Crippen molar-refractivity contribution >= 4 is 6.09 Å². The van der Waals surface area contributed by atoms with E-state index in [1.54, 1.807) is 0 Å². The summed E-state index contributed by atoms with van der Waals surface area (Å²) in [4.78, 5) is 16.8. The maximum Gasteiger partial charge on any atom is 0.410 e. The van der Waals surface area contributed by atoms with E-state index in [-0.39, 0.29) is 18.7 Å². The van der Waals surface area contributed by atoms with E-state index in [2.05, 4.69) is 4.90 Å². The lowest BCUT2D eigenvalue weighted by Gasteiger charge is -2.38. The van der Waals surface area contributed by atoms with Crippen LogP contribution in [0.5, 0.6) is 0 Å². The highest BCUT2D eigenvalue weighted by Gasteiger charge is 2.39. The van der Waals surface area contributed by atoms with Gasteiger partial charge in [-0.3, -0.25) is 4.90 Å². The third kappa shape index (κ3) is 4.45. The lowest BCUT2D eigenvalue weighted by Crippen LogP contribution is -2.51. The van der Waals surface area contributed by atoms with E-state index < -0.39 is 0 Å². The molecule has 1 aromatic rings. The average Bonchev–Trinajstić information content (AvgIpc) is 3.40. The van der Waals surface area contributed by atoms with E-state index in [0.29, 0.717) is 19.2 Å². The molecule has 0 spiro atoms. The summed E-state index contributed by atoms with van der Waals surface area (Å²) in [5.41, 5.74) is 1.02. The molecule has 1 N–H and O–H groups in total. The number of hydrogen-bond donors (Lipinski definition) is 1. The van der Waals surface area contributed by atoms with E-state index in [1.165, 1.54) is 0 Å². The molecule has 0 bridgehead atoms. The molecule has 1 aliphatic heterocycles. The highest BCUT2D eigenvalue weighted by atomic mass is 16.6. The quantitative estimate of drug-likeness (QED) is 0.874. The highest BCUT2D eigenvalue weighted by molar-refractivity contribution is 5.69. The molecule has 0 aromatic heterocycles. The predicted molar refractivity (Wildman–Crippen MR) is 88.0 cm³/mol. The van der Waals surface area contributed by atoms with E-state index in [9.17, 15) is 4.79 Å². The van der Waals surface area contributed by atoms with Crippen LogP contribution in [0.4, 0.5) is 4.79 Å². The predicted octanol–water partition coefficient (Wildman–Crippen LogP) is 2.24. The maximum absolute atomic E-state index is 12.6. The first-order chi connectivity index (χ1) is 11.3. The molecule has 2 fully saturated rings. The summed E-state index contributed by atoms with van der Waals surface area (Å²) >= 11 is 0. The largest absolute Gasteiger partial charge is 0.445 e. The Balaban J connectivity index is 1.58. The number of ether oxygens (including phenoxy) is 1. The van der Waals surface area contributed by atoms with Gasteiger partial charge in [-0.2, -0.15) is 0 Å². The SMILES string of the molecule is O=C(OCc1ccccc1)N(C1CC1)[C@H]1CCCN(CCO)C1. The van der Waals surface area contributed by atoms with Crippen LogP contribution in [-0.2, 0) is 11.3 Å². The van der Waals surface area contributed by atoms with Crippen molar-refractivity contribution in [3.8, 4) is 0 Å². The van der Waals surface area contributed by atoms with E-state index in [0.717, 1.165) is 44.3 Å². The Kier molecular flexibility index (Phi) is 5.51. The van der Waals surface area contributed by atoms with Gasteiger partial charge >= 0.3 is 6.09 Å². The van der Waals surface area contributed by atoms with Crippen molar-refractivity contribution in [3.63, 3.8) is 0 Å². The highest BCUT2D eigenvalue weighted by Crippen LogP contribution is 2.32. The van der Waals surface area contributed by atoms with Gasteiger partial charge in [0.1, 0.15) is 6.61 Å². The number of β-amino-alcohol motifs (C(OH)–C–C–N with tert-alkyl or cyclic N) is 1. The van der Waals surface area contributed by atoms with Gasteiger partial charge in [0.2, 0.25) is 0 Å². The molecular weight excluding hydrogens is 292 g/mol. The van der Waals surface area contributed by atoms with Gasteiger partial charge in [0.25, 0.3) is 0 Å². The molecular formula is C18H26N2O3. The number of hydrogen-bond acceptors (Lipinski definition) is 4. The molecule has 23 heavy (non-hydrogen) atoms. The van der Waals surface area contributed by atoms with E-state index in [1.807, 2.05) is 35.2 Å². The van der Waals surface area contributed by atoms with Crippen LogP contribution in [0.1, 0.15) is 31.2 Å². The number of rotatable bonds is 6. The fraction of sp³-hybridized carbons (Fsp3) is 0.611. The molecule has 1 aromatic carbocycles. The van der Waals surface area contributed by atoms with Gasteiger partial charge < -0.3 is 14.7 Å². The van der Waals surface area contributed by atoms with Crippen molar-refractivity contribution in [2.75, 3.05) is 26.2 Å². The Morgan fingerprint density at radius 2 is 2.00 bits per heavy atom. The standard InChI is InChI=1S/C18H26N2O3/c21-12-11-19-10-4-7-17(13-19)20(16-8-9-16)18(22)23-14-15-5-2-1-3-6-15/h1-3,5-6,16-17,21H,4,7-14H2/t17-/m0/s1. The Labute approximate surface area is 137 Å². The minimum Gasteiger partial charge on any atom is -0.445 e. The van der Waals surface area contributed by atoms with Crippen LogP contribution in [0.2, 0.25) is 0 Å². The fourth-order valence-electron chi connectivity index (χ4n) is 3.35. The molecule has 1 amide bonds. The minimum absolute atomic E-state index is 0.175. The van der Waals surface area contributed by atoms with Crippen molar-refractivity contribution in [1.29, 1.82) is 0 Å². The van der Waals surface area contributed by atoms with Gasteiger partial charge in [-0.05, 0) is 37.8 Å². The Hall–Kier alpha value is -1.59. The number of carbonyl (C=O) groups is 1. The molecule has 1 atom stereocenters. The summed E-state index contributed by atoms with van der Waals surface area (Å²) in [6.45, 7) is 3.05. The second-order valence-corrected chi connectivity index (χ2v) is 6.50. The normalized spacial score (nSPS) is 21.9. The number of carbonyl (C=O) groups excluding carboxylic acids is 1. The van der Waals surface area contributed by atoms with Crippen LogP contribution in [0, 0.1) is 0 Å². The molecule has 0 radical (unpaired) electrons. The van der Waals surface area contributed by atoms with Crippen molar-refractivity contribution in [1.82, 2.24) is 9.80 Å². The summed E-state index contributed by atoms with van der Waals surface area (Å²) in [6, 6.07) is 10.4. The Morgan fingerprint density at radius 1 is 1.22 bits per heavy atom. The summed E-state index contributed by atoms with van der Waals surface area (Å²) in [5, 5.41) is 9.14. The molecule has 126 valence electrons. The third-order valence-corrected chi connectivity index (χ3v) is 4.65. The second-order valence-electron chi connectivity index (χ2n) is 6.50. The lowest BCUT2D eigenvalue weighted by atomic mass is 10.0. The summed E-state index contributed by atoms with van der Waals surface area (Å²) in [7, 11) is 0. The van der Waals surface area contributed by atoms with Crippen LogP contribution in [0.25, 0.3) is 0 Å². The molecule has 1 heterocycles. The van der Waals surface area contributed by atoms with Gasteiger partial charge in [-0.15, -0.1) is 0 Å². The number of benzene rings is 1. The van der Waals surface area contributed by atoms with Crippen LogP contribution in [0.3, 0.4) is 0 Å². The van der Waals surface area contributed by atoms with Gasteiger partial charge in [-0.25, -0.2) is 4.79 Å². The smallest absolute Gasteiger partial charge is 0.410 e. The first-order valence-corrected chi connectivity index (χ1v) is 8.60. The number of amides is 1. The Bertz CT molecular complexity index is 502. The van der Waals surface area contributed by atoms with Crippen molar-refractivity contribution in [2.24, 2.45) is 0 Å². The average molecular weight is 318 g/mol. The molecule has 1 saturated carbocycles. The molecule has 3 rings (SSSR count). The summed E-state index contributed by atoms with van der Waals surface area (Å²) in [5.74, 6) is 0. The van der Waals surface area contributed by atoms with Crippen molar-refractivity contribution in [2.45, 2.75) is 44.4 Å². The van der Waals surface area contributed by atoms with Crippen LogP contribution >= 0.6 is 0 Å². The van der Waals surface area contributed by atoms with Crippen molar-refractivity contribution in [3.05, 3.63) is 35.9 Å². The minimum atomic E-state index is -0.188. The van der Waals surface area contributed by atoms with Gasteiger partial charge in [-0.1, -0.05) is 30.3 Å². The molecule has 5 nitrogen and oxygen atoms in total. The summed E-state index contributed by atoms with van der Waals surface area (Å²) < 4.78 is 5.56. The summed E-state index contributed by atoms with van der Waals surface area (Å²) in [6.07, 6.45) is 4.07. The van der Waals surface area contributed by atoms with Crippen molar-refractivity contribution < 1.29 is 14.6 Å². The zero-order chi connectivity index (χ0) is 16.1. The zero-order valence-corrected chi connectivity index (χ0v) is 13.6. The first-order valence-electron chi connectivity index (χ1n) is 8.60. The number of piperidine rings is 1.